The zero-order valence-corrected chi connectivity index (χ0v) is 17.6. The minimum atomic E-state index is -0.509. The Morgan fingerprint density at radius 1 is 0.677 bits per heavy atom. The summed E-state index contributed by atoms with van der Waals surface area (Å²) in [5.41, 5.74) is 2.77. The van der Waals surface area contributed by atoms with Crippen molar-refractivity contribution in [3.05, 3.63) is 95.8 Å². The molecule has 31 heavy (non-hydrogen) atoms. The van der Waals surface area contributed by atoms with Crippen LogP contribution in [-0.2, 0) is 6.42 Å². The first-order chi connectivity index (χ1) is 15.1. The van der Waals surface area contributed by atoms with Crippen LogP contribution in [0.4, 0.5) is 13.2 Å². The Labute approximate surface area is 181 Å². The molecule has 0 aliphatic carbocycles. The zero-order valence-electron chi connectivity index (χ0n) is 17.6. The van der Waals surface area contributed by atoms with Gasteiger partial charge in [0, 0.05) is 16.5 Å². The predicted octanol–water partition coefficient (Wildman–Crippen LogP) is 8.71. The normalized spacial score (nSPS) is 11.2. The van der Waals surface area contributed by atoms with E-state index in [0.717, 1.165) is 18.2 Å². The molecule has 3 heteroatoms. The monoisotopic (exact) mass is 418 g/mol. The van der Waals surface area contributed by atoms with Crippen LogP contribution in [0, 0.1) is 17.5 Å². The molecule has 158 valence electrons. The Bertz CT molecular complexity index is 1210. The summed E-state index contributed by atoms with van der Waals surface area (Å²) >= 11 is 0. The number of hydrogen-bond donors (Lipinski definition) is 0. The molecule has 0 bridgehead atoms. The van der Waals surface area contributed by atoms with Gasteiger partial charge in [-0.25, -0.2) is 13.2 Å². The molecule has 0 spiro atoms. The minimum Gasteiger partial charge on any atom is -0.207 e. The summed E-state index contributed by atoms with van der Waals surface area (Å²) in [6.07, 6.45) is 5.78. The number of fused-ring (bicyclic) bond motifs is 1. The van der Waals surface area contributed by atoms with Crippen LogP contribution in [0.15, 0.2) is 72.8 Å². The molecule has 4 aromatic rings. The number of hydrogen-bond acceptors (Lipinski definition) is 0. The van der Waals surface area contributed by atoms with Gasteiger partial charge >= 0.3 is 0 Å². The molecule has 0 unspecified atom stereocenters. The first-order valence-corrected chi connectivity index (χ1v) is 10.8. The maximum absolute atomic E-state index is 15.3. The standard InChI is InChI=1S/C28H25F3/c1-2-3-4-5-7-19-10-13-25-21(16-19)12-15-26(28(25)31)22-11-14-24(27(30)18-22)20-8-6-9-23(29)17-20/h6,8-18H,2-5,7H2,1H3. The highest BCUT2D eigenvalue weighted by Crippen LogP contribution is 2.33. The van der Waals surface area contributed by atoms with E-state index in [1.165, 1.54) is 43.0 Å². The summed E-state index contributed by atoms with van der Waals surface area (Å²) in [5, 5.41) is 1.38. The van der Waals surface area contributed by atoms with Crippen LogP contribution in [0.3, 0.4) is 0 Å². The van der Waals surface area contributed by atoms with Gasteiger partial charge in [-0.05, 0) is 53.1 Å². The fraction of sp³-hybridized carbons (Fsp3) is 0.214. The molecular formula is C28H25F3. The Morgan fingerprint density at radius 2 is 1.48 bits per heavy atom. The van der Waals surface area contributed by atoms with Crippen molar-refractivity contribution in [2.45, 2.75) is 39.0 Å². The molecule has 0 aliphatic rings. The Hall–Kier alpha value is -3.07. The van der Waals surface area contributed by atoms with Crippen LogP contribution in [0.2, 0.25) is 0 Å². The summed E-state index contributed by atoms with van der Waals surface area (Å²) in [4.78, 5) is 0. The SMILES string of the molecule is CCCCCCc1ccc2c(F)c(-c3ccc(-c4cccc(F)c4)c(F)c3)ccc2c1. The van der Waals surface area contributed by atoms with Crippen molar-refractivity contribution in [2.75, 3.05) is 0 Å². The van der Waals surface area contributed by atoms with E-state index in [1.54, 1.807) is 30.3 Å². The third-order valence-corrected chi connectivity index (χ3v) is 5.75. The topological polar surface area (TPSA) is 0 Å². The first-order valence-electron chi connectivity index (χ1n) is 10.8. The maximum Gasteiger partial charge on any atom is 0.138 e. The van der Waals surface area contributed by atoms with Crippen molar-refractivity contribution in [1.29, 1.82) is 0 Å². The lowest BCUT2D eigenvalue weighted by Crippen LogP contribution is -1.92. The van der Waals surface area contributed by atoms with Crippen molar-refractivity contribution in [1.82, 2.24) is 0 Å². The van der Waals surface area contributed by atoms with Crippen LogP contribution >= 0.6 is 0 Å². The summed E-state index contributed by atoms with van der Waals surface area (Å²) in [6, 6.07) is 19.8. The Kier molecular flexibility index (Phi) is 6.41. The molecule has 0 amide bonds. The fourth-order valence-electron chi connectivity index (χ4n) is 4.05. The molecule has 0 aliphatic heterocycles. The summed E-state index contributed by atoms with van der Waals surface area (Å²) in [5.74, 6) is -1.29. The molecule has 0 aromatic heterocycles. The quantitative estimate of drug-likeness (QED) is 0.263. The van der Waals surface area contributed by atoms with E-state index >= 15 is 4.39 Å². The highest BCUT2D eigenvalue weighted by Gasteiger charge is 2.13. The molecule has 0 heterocycles. The van der Waals surface area contributed by atoms with Gasteiger partial charge in [0.1, 0.15) is 17.5 Å². The van der Waals surface area contributed by atoms with E-state index in [2.05, 4.69) is 6.92 Å². The van der Waals surface area contributed by atoms with Gasteiger partial charge < -0.3 is 0 Å². The van der Waals surface area contributed by atoms with Crippen molar-refractivity contribution >= 4 is 10.8 Å². The number of unbranched alkanes of at least 4 members (excludes halogenated alkanes) is 3. The Morgan fingerprint density at radius 3 is 2.26 bits per heavy atom. The van der Waals surface area contributed by atoms with Crippen LogP contribution < -0.4 is 0 Å². The third-order valence-electron chi connectivity index (χ3n) is 5.75. The van der Waals surface area contributed by atoms with Gasteiger partial charge in [0.25, 0.3) is 0 Å². The minimum absolute atomic E-state index is 0.289. The van der Waals surface area contributed by atoms with Crippen LogP contribution in [0.25, 0.3) is 33.0 Å². The first kappa shape index (κ1) is 21.2. The molecule has 0 atom stereocenters. The van der Waals surface area contributed by atoms with Gasteiger partial charge in [0.05, 0.1) is 0 Å². The average Bonchev–Trinajstić information content (AvgIpc) is 2.77. The smallest absolute Gasteiger partial charge is 0.138 e. The second-order valence-corrected chi connectivity index (χ2v) is 8.00. The van der Waals surface area contributed by atoms with Crippen LogP contribution in [-0.4, -0.2) is 0 Å². The summed E-state index contributed by atoms with van der Waals surface area (Å²) < 4.78 is 43.5. The molecule has 0 N–H and O–H groups in total. The molecule has 4 rings (SSSR count). The van der Waals surface area contributed by atoms with Crippen LogP contribution in [0.1, 0.15) is 38.2 Å². The summed E-state index contributed by atoms with van der Waals surface area (Å²) in [7, 11) is 0. The highest BCUT2D eigenvalue weighted by molar-refractivity contribution is 5.89. The second kappa shape index (κ2) is 9.38. The van der Waals surface area contributed by atoms with Gasteiger partial charge in [-0.3, -0.25) is 0 Å². The predicted molar refractivity (Wildman–Crippen MR) is 123 cm³/mol. The molecule has 4 aromatic carbocycles. The van der Waals surface area contributed by atoms with Gasteiger partial charge in [-0.15, -0.1) is 0 Å². The molecule has 0 saturated carbocycles. The highest BCUT2D eigenvalue weighted by atomic mass is 19.1. The maximum atomic E-state index is 15.3. The van der Waals surface area contributed by atoms with Crippen LogP contribution in [0.5, 0.6) is 0 Å². The lowest BCUT2D eigenvalue weighted by atomic mass is 9.96. The van der Waals surface area contributed by atoms with Crippen molar-refractivity contribution in [2.24, 2.45) is 0 Å². The average molecular weight is 419 g/mol. The second-order valence-electron chi connectivity index (χ2n) is 8.00. The van der Waals surface area contributed by atoms with Gasteiger partial charge in [0.15, 0.2) is 0 Å². The van der Waals surface area contributed by atoms with Crippen molar-refractivity contribution in [3.8, 4) is 22.3 Å². The van der Waals surface area contributed by atoms with E-state index in [4.69, 9.17) is 0 Å². The van der Waals surface area contributed by atoms with E-state index < -0.39 is 11.6 Å². The van der Waals surface area contributed by atoms with E-state index in [0.29, 0.717) is 22.1 Å². The Balaban J connectivity index is 1.63. The number of rotatable bonds is 7. The molecule has 0 radical (unpaired) electrons. The molecule has 0 saturated heterocycles. The summed E-state index contributed by atoms with van der Waals surface area (Å²) in [6.45, 7) is 2.19. The van der Waals surface area contributed by atoms with E-state index in [9.17, 15) is 8.78 Å². The third kappa shape index (κ3) is 4.66. The fourth-order valence-corrected chi connectivity index (χ4v) is 4.05. The number of halogens is 3. The number of benzene rings is 4. The van der Waals surface area contributed by atoms with E-state index in [-0.39, 0.29) is 11.4 Å². The lowest BCUT2D eigenvalue weighted by Gasteiger charge is -2.11. The lowest BCUT2D eigenvalue weighted by molar-refractivity contribution is 0.624. The van der Waals surface area contributed by atoms with E-state index in [1.807, 2.05) is 24.3 Å². The largest absolute Gasteiger partial charge is 0.207 e. The molecule has 0 fully saturated rings. The van der Waals surface area contributed by atoms with Gasteiger partial charge in [-0.2, -0.15) is 0 Å². The van der Waals surface area contributed by atoms with Gasteiger partial charge in [0.2, 0.25) is 0 Å². The van der Waals surface area contributed by atoms with Crippen molar-refractivity contribution < 1.29 is 13.2 Å². The molecule has 0 nitrogen and oxygen atoms in total. The van der Waals surface area contributed by atoms with Gasteiger partial charge in [-0.1, -0.05) is 80.8 Å². The molecular weight excluding hydrogens is 393 g/mol. The number of aryl methyl sites for hydroxylation is 1. The zero-order chi connectivity index (χ0) is 21.8. The van der Waals surface area contributed by atoms with Crippen molar-refractivity contribution in [3.63, 3.8) is 0 Å².